The van der Waals surface area contributed by atoms with Crippen LogP contribution in [0.1, 0.15) is 37.7 Å². The number of nitrogens with two attached hydrogens (primary N) is 1. The molecule has 134 valence electrons. The molecule has 2 N–H and O–H groups in total. The zero-order valence-electron chi connectivity index (χ0n) is 14.0. The van der Waals surface area contributed by atoms with E-state index in [0.29, 0.717) is 25.7 Å². The van der Waals surface area contributed by atoms with Crippen molar-refractivity contribution >= 4 is 29.9 Å². The van der Waals surface area contributed by atoms with Crippen LogP contribution < -0.4 is 5.73 Å². The maximum absolute atomic E-state index is 13.7. The first kappa shape index (κ1) is 19.4. The molecular formula is C18H27FIN3O. The van der Waals surface area contributed by atoms with Crippen molar-refractivity contribution in [2.24, 2.45) is 10.7 Å². The fourth-order valence-corrected chi connectivity index (χ4v) is 3.71. The highest BCUT2D eigenvalue weighted by Crippen LogP contribution is 2.40. The van der Waals surface area contributed by atoms with E-state index in [1.165, 1.54) is 25.3 Å². The molecule has 1 aliphatic heterocycles. The van der Waals surface area contributed by atoms with Gasteiger partial charge in [0.2, 0.25) is 0 Å². The normalized spacial score (nSPS) is 21.2. The Hall–Kier alpha value is -0.890. The number of ether oxygens (including phenoxy) is 1. The Kier molecular flexibility index (Phi) is 7.28. The van der Waals surface area contributed by atoms with Crippen molar-refractivity contribution in [1.29, 1.82) is 0 Å². The summed E-state index contributed by atoms with van der Waals surface area (Å²) < 4.78 is 19.1. The summed E-state index contributed by atoms with van der Waals surface area (Å²) >= 11 is 0. The van der Waals surface area contributed by atoms with Gasteiger partial charge in [-0.05, 0) is 30.5 Å². The minimum atomic E-state index is -0.169. The lowest BCUT2D eigenvalue weighted by atomic mass is 9.69. The summed E-state index contributed by atoms with van der Waals surface area (Å²) in [6.45, 7) is 3.63. The minimum absolute atomic E-state index is 0. The Balaban J connectivity index is 0.00000208. The molecule has 0 amide bonds. The van der Waals surface area contributed by atoms with Crippen LogP contribution in [-0.4, -0.2) is 43.7 Å². The largest absolute Gasteiger partial charge is 0.378 e. The molecule has 2 fully saturated rings. The number of hydrogen-bond donors (Lipinski definition) is 1. The summed E-state index contributed by atoms with van der Waals surface area (Å²) in [5, 5.41) is 0. The third kappa shape index (κ3) is 4.59. The van der Waals surface area contributed by atoms with Crippen molar-refractivity contribution in [2.75, 3.05) is 32.8 Å². The molecule has 1 saturated heterocycles. The van der Waals surface area contributed by atoms with Crippen LogP contribution in [0.3, 0.4) is 0 Å². The molecule has 1 aromatic carbocycles. The molecule has 0 unspecified atom stereocenters. The number of nitrogens with zero attached hydrogens (tertiary/aromatic N) is 2. The van der Waals surface area contributed by atoms with Crippen molar-refractivity contribution in [2.45, 2.75) is 37.5 Å². The molecule has 0 spiro atoms. The Morgan fingerprint density at radius 1 is 1.21 bits per heavy atom. The van der Waals surface area contributed by atoms with Gasteiger partial charge in [0.05, 0.1) is 19.8 Å². The second-order valence-corrected chi connectivity index (χ2v) is 6.63. The average molecular weight is 447 g/mol. The maximum atomic E-state index is 13.7. The van der Waals surface area contributed by atoms with Crippen LogP contribution >= 0.6 is 24.0 Å². The zero-order valence-corrected chi connectivity index (χ0v) is 16.4. The standard InChI is InChI=1S/C18H26FN3O.HI/c19-16-6-4-5-15(13-16)18(7-2-1-3-8-18)14-21-17(20)22-9-11-23-12-10-22;/h4-6,13H,1-3,7-12,14H2,(H2,20,21);1H. The van der Waals surface area contributed by atoms with Gasteiger partial charge in [0.15, 0.2) is 5.96 Å². The first-order chi connectivity index (χ1) is 11.2. The second kappa shape index (κ2) is 8.99. The number of benzene rings is 1. The molecule has 4 nitrogen and oxygen atoms in total. The maximum Gasteiger partial charge on any atom is 0.191 e. The highest BCUT2D eigenvalue weighted by molar-refractivity contribution is 14.0. The van der Waals surface area contributed by atoms with Crippen LogP contribution in [0.5, 0.6) is 0 Å². The van der Waals surface area contributed by atoms with Gasteiger partial charge < -0.3 is 15.4 Å². The number of halogens is 2. The molecule has 0 aromatic heterocycles. The molecule has 0 atom stereocenters. The van der Waals surface area contributed by atoms with Crippen LogP contribution in [0, 0.1) is 5.82 Å². The molecule has 1 aliphatic carbocycles. The van der Waals surface area contributed by atoms with Gasteiger partial charge in [0, 0.05) is 18.5 Å². The first-order valence-electron chi connectivity index (χ1n) is 8.58. The van der Waals surface area contributed by atoms with Gasteiger partial charge in [-0.2, -0.15) is 0 Å². The van der Waals surface area contributed by atoms with Crippen LogP contribution in [0.2, 0.25) is 0 Å². The highest BCUT2D eigenvalue weighted by Gasteiger charge is 2.34. The van der Waals surface area contributed by atoms with E-state index in [-0.39, 0.29) is 35.2 Å². The van der Waals surface area contributed by atoms with E-state index in [1.54, 1.807) is 12.1 Å². The summed E-state index contributed by atoms with van der Waals surface area (Å²) in [5.41, 5.74) is 7.17. The van der Waals surface area contributed by atoms with Crippen LogP contribution in [-0.2, 0) is 10.2 Å². The Morgan fingerprint density at radius 2 is 1.92 bits per heavy atom. The molecular weight excluding hydrogens is 420 g/mol. The molecule has 1 aromatic rings. The lowest BCUT2D eigenvalue weighted by molar-refractivity contribution is 0.0673. The van der Waals surface area contributed by atoms with Gasteiger partial charge in [0.25, 0.3) is 0 Å². The highest BCUT2D eigenvalue weighted by atomic mass is 127. The zero-order chi connectivity index (χ0) is 16.1. The summed E-state index contributed by atoms with van der Waals surface area (Å²) in [4.78, 5) is 6.77. The number of guanidine groups is 1. The first-order valence-corrected chi connectivity index (χ1v) is 8.58. The third-order valence-corrected chi connectivity index (χ3v) is 5.13. The molecule has 24 heavy (non-hydrogen) atoms. The molecule has 0 radical (unpaired) electrons. The van der Waals surface area contributed by atoms with E-state index in [9.17, 15) is 4.39 Å². The minimum Gasteiger partial charge on any atom is -0.378 e. The van der Waals surface area contributed by atoms with Gasteiger partial charge in [-0.15, -0.1) is 24.0 Å². The van der Waals surface area contributed by atoms with Crippen molar-refractivity contribution < 1.29 is 9.13 Å². The van der Waals surface area contributed by atoms with E-state index in [1.807, 2.05) is 6.07 Å². The predicted octanol–water partition coefficient (Wildman–Crippen LogP) is 3.29. The van der Waals surface area contributed by atoms with Gasteiger partial charge in [-0.25, -0.2) is 4.39 Å². The monoisotopic (exact) mass is 447 g/mol. The Labute approximate surface area is 160 Å². The topological polar surface area (TPSA) is 50.8 Å². The fourth-order valence-electron chi connectivity index (χ4n) is 3.71. The van der Waals surface area contributed by atoms with Gasteiger partial charge in [-0.3, -0.25) is 4.99 Å². The van der Waals surface area contributed by atoms with Crippen molar-refractivity contribution in [3.63, 3.8) is 0 Å². The SMILES string of the molecule is I.NC(=NCC1(c2cccc(F)c2)CCCCC1)N1CCOCC1. The van der Waals surface area contributed by atoms with E-state index in [0.717, 1.165) is 31.5 Å². The number of aliphatic imine (C=N–C) groups is 1. The van der Waals surface area contributed by atoms with Gasteiger partial charge in [0.1, 0.15) is 5.82 Å². The van der Waals surface area contributed by atoms with Crippen LogP contribution in [0.15, 0.2) is 29.3 Å². The van der Waals surface area contributed by atoms with E-state index >= 15 is 0 Å². The smallest absolute Gasteiger partial charge is 0.191 e. The summed E-state index contributed by atoms with van der Waals surface area (Å²) in [7, 11) is 0. The number of morpholine rings is 1. The molecule has 1 heterocycles. The third-order valence-electron chi connectivity index (χ3n) is 5.13. The molecule has 2 aliphatic rings. The quantitative estimate of drug-likeness (QED) is 0.440. The second-order valence-electron chi connectivity index (χ2n) is 6.63. The molecule has 3 rings (SSSR count). The molecule has 6 heteroatoms. The number of rotatable bonds is 3. The molecule has 0 bridgehead atoms. The number of hydrogen-bond acceptors (Lipinski definition) is 2. The average Bonchev–Trinajstić information content (AvgIpc) is 2.61. The van der Waals surface area contributed by atoms with E-state index in [2.05, 4.69) is 4.90 Å². The van der Waals surface area contributed by atoms with Crippen molar-refractivity contribution in [3.05, 3.63) is 35.6 Å². The van der Waals surface area contributed by atoms with Crippen molar-refractivity contribution in [3.8, 4) is 0 Å². The van der Waals surface area contributed by atoms with Gasteiger partial charge in [-0.1, -0.05) is 31.4 Å². The summed E-state index contributed by atoms with van der Waals surface area (Å²) in [6, 6.07) is 7.02. The summed E-state index contributed by atoms with van der Waals surface area (Å²) in [6.07, 6.45) is 5.69. The van der Waals surface area contributed by atoms with Gasteiger partial charge >= 0.3 is 0 Å². The Bertz CT molecular complexity index is 555. The van der Waals surface area contributed by atoms with Crippen LogP contribution in [0.4, 0.5) is 4.39 Å². The lowest BCUT2D eigenvalue weighted by Gasteiger charge is -2.37. The Morgan fingerprint density at radius 3 is 2.58 bits per heavy atom. The fraction of sp³-hybridized carbons (Fsp3) is 0.611. The van der Waals surface area contributed by atoms with E-state index in [4.69, 9.17) is 15.5 Å². The molecule has 1 saturated carbocycles. The lowest BCUT2D eigenvalue weighted by Crippen LogP contribution is -2.45. The summed E-state index contributed by atoms with van der Waals surface area (Å²) in [5.74, 6) is 0.423. The van der Waals surface area contributed by atoms with Crippen LogP contribution in [0.25, 0.3) is 0 Å². The van der Waals surface area contributed by atoms with E-state index < -0.39 is 0 Å². The predicted molar refractivity (Wildman–Crippen MR) is 105 cm³/mol. The van der Waals surface area contributed by atoms with Crippen molar-refractivity contribution in [1.82, 2.24) is 4.90 Å².